The van der Waals surface area contributed by atoms with Crippen molar-refractivity contribution in [3.8, 4) is 0 Å². The van der Waals surface area contributed by atoms with Gasteiger partial charge in [0.1, 0.15) is 11.3 Å². The minimum atomic E-state index is -0.595. The molecule has 2 amide bonds. The molecule has 2 aromatic heterocycles. The first-order valence-electron chi connectivity index (χ1n) is 10.3. The lowest BCUT2D eigenvalue weighted by atomic mass is 10.2. The van der Waals surface area contributed by atoms with E-state index in [4.69, 9.17) is 4.74 Å². The number of anilines is 2. The third-order valence-corrected chi connectivity index (χ3v) is 7.03. The second-order valence-electron chi connectivity index (χ2n) is 9.25. The maximum absolute atomic E-state index is 12.8. The molecule has 8 nitrogen and oxygen atoms in total. The second-order valence-corrected chi connectivity index (χ2v) is 12.4. The molecule has 3 N–H and O–H groups in total. The Morgan fingerprint density at radius 2 is 1.62 bits per heavy atom. The van der Waals surface area contributed by atoms with E-state index < -0.39 is 11.7 Å². The van der Waals surface area contributed by atoms with Crippen LogP contribution in [0.3, 0.4) is 0 Å². The zero-order valence-electron chi connectivity index (χ0n) is 20.2. The van der Waals surface area contributed by atoms with Gasteiger partial charge in [0, 0.05) is 50.0 Å². The molecule has 0 saturated carbocycles. The first kappa shape index (κ1) is 26.2. The monoisotopic (exact) mass is 481 g/mol. The molecule has 0 aliphatic rings. The highest BCUT2D eigenvalue weighted by Gasteiger charge is 2.20. The van der Waals surface area contributed by atoms with Gasteiger partial charge in [-0.2, -0.15) is 0 Å². The minimum Gasteiger partial charge on any atom is -0.444 e. The molecule has 0 fully saturated rings. The standard InChI is InChI=1S/C22H35N5O3S2/c1-21(2,3)30-20(29)25-16-10-18(27(7)13-16)19(28)24-15-9-17(26(6)12-15)11-23-14-22(4,5)32-31-8/h9-10,12-13,23H,11,14H2,1-8H3,(H,24,28)(H,25,29). The summed E-state index contributed by atoms with van der Waals surface area (Å²) in [5.41, 5.74) is 2.12. The zero-order chi connectivity index (χ0) is 24.1. The van der Waals surface area contributed by atoms with Crippen molar-refractivity contribution in [2.75, 3.05) is 23.4 Å². The molecule has 10 heteroatoms. The van der Waals surface area contributed by atoms with Crippen molar-refractivity contribution in [1.29, 1.82) is 0 Å². The molecule has 2 heterocycles. The van der Waals surface area contributed by atoms with Crippen LogP contribution in [0.15, 0.2) is 24.5 Å². The van der Waals surface area contributed by atoms with Gasteiger partial charge in [-0.05, 0) is 53.0 Å². The molecule has 0 spiro atoms. The molecule has 0 radical (unpaired) electrons. The molecule has 0 atom stereocenters. The third kappa shape index (κ3) is 8.14. The predicted molar refractivity (Wildman–Crippen MR) is 136 cm³/mol. The first-order valence-corrected chi connectivity index (χ1v) is 12.9. The number of aromatic nitrogens is 2. The summed E-state index contributed by atoms with van der Waals surface area (Å²) >= 11 is 0. The fourth-order valence-corrected chi connectivity index (χ4v) is 5.22. The molecule has 2 rings (SSSR count). The molecule has 0 bridgehead atoms. The lowest BCUT2D eigenvalue weighted by molar-refractivity contribution is 0.0635. The van der Waals surface area contributed by atoms with Crippen molar-refractivity contribution in [1.82, 2.24) is 14.5 Å². The van der Waals surface area contributed by atoms with Crippen molar-refractivity contribution in [3.05, 3.63) is 35.9 Å². The van der Waals surface area contributed by atoms with Crippen LogP contribution in [0.2, 0.25) is 0 Å². The average Bonchev–Trinajstić information content (AvgIpc) is 3.15. The summed E-state index contributed by atoms with van der Waals surface area (Å²) in [5, 5.41) is 9.08. The summed E-state index contributed by atoms with van der Waals surface area (Å²) in [6, 6.07) is 3.58. The smallest absolute Gasteiger partial charge is 0.412 e. The van der Waals surface area contributed by atoms with Crippen LogP contribution in [0.5, 0.6) is 0 Å². The fourth-order valence-electron chi connectivity index (χ4n) is 3.08. The van der Waals surface area contributed by atoms with Gasteiger partial charge in [0.2, 0.25) is 0 Å². The lowest BCUT2D eigenvalue weighted by Crippen LogP contribution is -2.31. The van der Waals surface area contributed by atoms with Gasteiger partial charge in [-0.25, -0.2) is 4.79 Å². The van der Waals surface area contributed by atoms with Crippen LogP contribution in [-0.2, 0) is 25.4 Å². The number of carbonyl (C=O) groups is 2. The Morgan fingerprint density at radius 3 is 2.25 bits per heavy atom. The number of rotatable bonds is 9. The van der Waals surface area contributed by atoms with E-state index in [9.17, 15) is 9.59 Å². The van der Waals surface area contributed by atoms with E-state index in [1.54, 1.807) is 55.4 Å². The molecule has 0 aromatic carbocycles. The summed E-state index contributed by atoms with van der Waals surface area (Å²) in [7, 11) is 7.33. The summed E-state index contributed by atoms with van der Waals surface area (Å²) in [6.07, 6.45) is 5.09. The summed E-state index contributed by atoms with van der Waals surface area (Å²) in [6.45, 7) is 11.4. The molecular formula is C22H35N5O3S2. The van der Waals surface area contributed by atoms with E-state index >= 15 is 0 Å². The molecule has 2 aromatic rings. The highest BCUT2D eigenvalue weighted by molar-refractivity contribution is 8.76. The van der Waals surface area contributed by atoms with E-state index in [-0.39, 0.29) is 10.7 Å². The highest BCUT2D eigenvalue weighted by atomic mass is 33.1. The second kappa shape index (κ2) is 10.7. The van der Waals surface area contributed by atoms with Crippen molar-refractivity contribution < 1.29 is 14.3 Å². The molecule has 0 aliphatic carbocycles. The Balaban J connectivity index is 1.98. The van der Waals surface area contributed by atoms with E-state index in [0.717, 1.165) is 17.9 Å². The van der Waals surface area contributed by atoms with E-state index in [1.165, 1.54) is 0 Å². The normalized spacial score (nSPS) is 12.0. The van der Waals surface area contributed by atoms with Gasteiger partial charge in [-0.15, -0.1) is 0 Å². The Morgan fingerprint density at radius 1 is 1.00 bits per heavy atom. The lowest BCUT2D eigenvalue weighted by Gasteiger charge is -2.22. The highest BCUT2D eigenvalue weighted by Crippen LogP contribution is 2.32. The van der Waals surface area contributed by atoms with E-state index in [0.29, 0.717) is 17.9 Å². The van der Waals surface area contributed by atoms with Gasteiger partial charge in [0.05, 0.1) is 11.4 Å². The maximum Gasteiger partial charge on any atom is 0.412 e. The Kier molecular flexibility index (Phi) is 8.78. The van der Waals surface area contributed by atoms with Crippen molar-refractivity contribution >= 4 is 45.0 Å². The number of aryl methyl sites for hydroxylation is 2. The number of carbonyl (C=O) groups excluding carboxylic acids is 2. The number of hydrogen-bond acceptors (Lipinski definition) is 6. The Bertz CT molecular complexity index is 944. The molecular weight excluding hydrogens is 446 g/mol. The van der Waals surface area contributed by atoms with Crippen LogP contribution < -0.4 is 16.0 Å². The molecule has 0 saturated heterocycles. The Labute approximate surface area is 198 Å². The fraction of sp³-hybridized carbons (Fsp3) is 0.545. The summed E-state index contributed by atoms with van der Waals surface area (Å²) < 4.78 is 9.06. The van der Waals surface area contributed by atoms with Gasteiger partial charge in [-0.1, -0.05) is 21.6 Å². The molecule has 178 valence electrons. The molecule has 0 unspecified atom stereocenters. The maximum atomic E-state index is 12.8. The number of ether oxygens (including phenoxy) is 1. The van der Waals surface area contributed by atoms with Gasteiger partial charge in [-0.3, -0.25) is 10.1 Å². The predicted octanol–water partition coefficient (Wildman–Crippen LogP) is 4.84. The number of nitrogens with one attached hydrogen (secondary N) is 3. The Hall–Kier alpha value is -2.04. The molecule has 32 heavy (non-hydrogen) atoms. The van der Waals surface area contributed by atoms with Gasteiger partial charge in [0.15, 0.2) is 0 Å². The van der Waals surface area contributed by atoms with Gasteiger partial charge in [0.25, 0.3) is 5.91 Å². The van der Waals surface area contributed by atoms with Crippen LogP contribution in [-0.4, -0.2) is 44.3 Å². The molecule has 0 aliphatic heterocycles. The largest absolute Gasteiger partial charge is 0.444 e. The average molecular weight is 482 g/mol. The van der Waals surface area contributed by atoms with E-state index in [2.05, 4.69) is 36.1 Å². The van der Waals surface area contributed by atoms with Crippen LogP contribution >= 0.6 is 21.6 Å². The number of hydrogen-bond donors (Lipinski definition) is 3. The van der Waals surface area contributed by atoms with Crippen molar-refractivity contribution in [2.45, 2.75) is 51.5 Å². The zero-order valence-corrected chi connectivity index (χ0v) is 21.8. The minimum absolute atomic E-state index is 0.138. The topological polar surface area (TPSA) is 89.3 Å². The summed E-state index contributed by atoms with van der Waals surface area (Å²) in [5.74, 6) is -0.257. The van der Waals surface area contributed by atoms with Gasteiger partial charge < -0.3 is 24.5 Å². The first-order chi connectivity index (χ1) is 14.8. The van der Waals surface area contributed by atoms with Crippen LogP contribution in [0.4, 0.5) is 16.2 Å². The van der Waals surface area contributed by atoms with Gasteiger partial charge >= 0.3 is 6.09 Å². The summed E-state index contributed by atoms with van der Waals surface area (Å²) in [4.78, 5) is 24.8. The third-order valence-electron chi connectivity index (χ3n) is 4.41. The van der Waals surface area contributed by atoms with Crippen LogP contribution in [0.1, 0.15) is 50.8 Å². The number of amides is 2. The van der Waals surface area contributed by atoms with E-state index in [1.807, 2.05) is 34.7 Å². The quantitative estimate of drug-likeness (QED) is 0.444. The van der Waals surface area contributed by atoms with Crippen molar-refractivity contribution in [3.63, 3.8) is 0 Å². The van der Waals surface area contributed by atoms with Crippen LogP contribution in [0.25, 0.3) is 0 Å². The van der Waals surface area contributed by atoms with Crippen LogP contribution in [0, 0.1) is 0 Å². The van der Waals surface area contributed by atoms with Crippen molar-refractivity contribution in [2.24, 2.45) is 14.1 Å². The SMILES string of the molecule is CSSC(C)(C)CNCc1cc(NC(=O)c2cc(NC(=O)OC(C)(C)C)cn2C)cn1C. The number of nitrogens with zero attached hydrogens (tertiary/aromatic N) is 2.